The van der Waals surface area contributed by atoms with E-state index >= 15 is 0 Å². The van der Waals surface area contributed by atoms with Gasteiger partial charge in [-0.15, -0.1) is 0 Å². The Labute approximate surface area is 184 Å². The van der Waals surface area contributed by atoms with Crippen molar-refractivity contribution in [2.75, 3.05) is 6.54 Å². The number of likely N-dealkylation sites (tertiary alicyclic amines) is 1. The summed E-state index contributed by atoms with van der Waals surface area (Å²) in [7, 11) is 0. The van der Waals surface area contributed by atoms with Crippen molar-refractivity contribution in [3.63, 3.8) is 0 Å². The molecule has 2 aromatic carbocycles. The molecule has 3 rings (SSSR count). The quantitative estimate of drug-likeness (QED) is 0.566. The van der Waals surface area contributed by atoms with Gasteiger partial charge in [-0.3, -0.25) is 4.79 Å². The zero-order valence-corrected chi connectivity index (χ0v) is 18.0. The first-order chi connectivity index (χ1) is 14.9. The van der Waals surface area contributed by atoms with Crippen LogP contribution in [0.25, 0.3) is 0 Å². The van der Waals surface area contributed by atoms with Gasteiger partial charge in [0.05, 0.1) is 17.7 Å². The molecule has 2 aromatic rings. The van der Waals surface area contributed by atoms with Gasteiger partial charge in [0.25, 0.3) is 0 Å². The number of carbonyl (C=O) groups is 2. The third kappa shape index (κ3) is 6.53. The minimum atomic E-state index is -0.942. The number of aryl methyl sites for hydroxylation is 1. The second-order valence-electron chi connectivity index (χ2n) is 8.32. The normalized spacial score (nSPS) is 18.5. The van der Waals surface area contributed by atoms with Gasteiger partial charge in [0.2, 0.25) is 5.91 Å². The molecule has 31 heavy (non-hydrogen) atoms. The van der Waals surface area contributed by atoms with Crippen LogP contribution in [0.3, 0.4) is 0 Å². The molecule has 0 aromatic heterocycles. The Bertz CT molecular complexity index is 891. The molecule has 0 radical (unpaired) electrons. The van der Waals surface area contributed by atoms with Crippen LogP contribution < -0.4 is 0 Å². The maximum Gasteiger partial charge on any atom is 0.335 e. The van der Waals surface area contributed by atoms with Crippen molar-refractivity contribution >= 4 is 11.9 Å². The first-order valence-corrected chi connectivity index (χ1v) is 11.0. The summed E-state index contributed by atoms with van der Waals surface area (Å²) in [6, 6.07) is 17.1. The molecule has 0 bridgehead atoms. The first-order valence-electron chi connectivity index (χ1n) is 11.0. The van der Waals surface area contributed by atoms with Crippen LogP contribution in [0, 0.1) is 5.92 Å². The van der Waals surface area contributed by atoms with Crippen LogP contribution in [0.15, 0.2) is 66.7 Å². The fraction of sp³-hybridized carbons (Fsp3) is 0.385. The number of nitrogens with zero attached hydrogens (tertiary/aromatic N) is 1. The van der Waals surface area contributed by atoms with Crippen molar-refractivity contribution in [3.8, 4) is 0 Å². The van der Waals surface area contributed by atoms with Crippen LogP contribution in [0.4, 0.5) is 0 Å². The van der Waals surface area contributed by atoms with Gasteiger partial charge in [-0.05, 0) is 54.9 Å². The third-order valence-electron chi connectivity index (χ3n) is 6.06. The van der Waals surface area contributed by atoms with Crippen LogP contribution in [0.1, 0.15) is 47.7 Å². The Balaban J connectivity index is 1.51. The monoisotopic (exact) mass is 421 g/mol. The van der Waals surface area contributed by atoms with E-state index in [-0.39, 0.29) is 23.4 Å². The highest BCUT2D eigenvalue weighted by Gasteiger charge is 2.29. The topological polar surface area (TPSA) is 77.8 Å². The van der Waals surface area contributed by atoms with E-state index in [2.05, 4.69) is 19.1 Å². The molecule has 1 fully saturated rings. The second-order valence-corrected chi connectivity index (χ2v) is 8.32. The molecule has 1 saturated heterocycles. The van der Waals surface area contributed by atoms with E-state index < -0.39 is 12.1 Å². The maximum atomic E-state index is 12.3. The van der Waals surface area contributed by atoms with Gasteiger partial charge >= 0.3 is 5.97 Å². The molecule has 2 N–H and O–H groups in total. The van der Waals surface area contributed by atoms with E-state index in [1.54, 1.807) is 24.3 Å². The predicted molar refractivity (Wildman–Crippen MR) is 121 cm³/mol. The van der Waals surface area contributed by atoms with Crippen molar-refractivity contribution in [3.05, 3.63) is 83.4 Å². The maximum absolute atomic E-state index is 12.3. The number of hydrogen-bond acceptors (Lipinski definition) is 3. The number of carbonyl (C=O) groups excluding carboxylic acids is 1. The van der Waals surface area contributed by atoms with E-state index in [1.165, 1.54) is 5.56 Å². The summed E-state index contributed by atoms with van der Waals surface area (Å²) in [6.45, 7) is 2.64. The Hall–Kier alpha value is -2.92. The van der Waals surface area contributed by atoms with E-state index in [0.29, 0.717) is 19.4 Å². The standard InChI is InChI=1S/C26H31NO4/c1-19(7-8-20-5-3-2-4-6-20)24(28)15-13-23-14-16-25(29)27(23)18-17-21-9-11-22(12-10-21)26(30)31/h2-6,9-13,15,19,23-24,28H,7-8,14,16-18H2,1H3,(H,30,31)/t19-,23?,24+/m0/s1. The molecule has 1 amide bonds. The Morgan fingerprint density at radius 2 is 1.77 bits per heavy atom. The molecule has 0 aliphatic carbocycles. The molecular weight excluding hydrogens is 390 g/mol. The van der Waals surface area contributed by atoms with Gasteiger partial charge in [-0.25, -0.2) is 4.79 Å². The average Bonchev–Trinajstić information content (AvgIpc) is 3.14. The lowest BCUT2D eigenvalue weighted by atomic mass is 9.95. The minimum absolute atomic E-state index is 0.00164. The third-order valence-corrected chi connectivity index (χ3v) is 6.06. The van der Waals surface area contributed by atoms with Crippen LogP contribution in [0.2, 0.25) is 0 Å². The lowest BCUT2D eigenvalue weighted by Crippen LogP contribution is -2.34. The van der Waals surface area contributed by atoms with Gasteiger partial charge in [0.1, 0.15) is 0 Å². The van der Waals surface area contributed by atoms with Gasteiger partial charge in [0.15, 0.2) is 0 Å². The largest absolute Gasteiger partial charge is 0.478 e. The fourth-order valence-corrected chi connectivity index (χ4v) is 3.95. The van der Waals surface area contributed by atoms with Crippen molar-refractivity contribution in [1.29, 1.82) is 0 Å². The van der Waals surface area contributed by atoms with Gasteiger partial charge in [-0.1, -0.05) is 61.5 Å². The molecule has 5 nitrogen and oxygen atoms in total. The highest BCUT2D eigenvalue weighted by molar-refractivity contribution is 5.87. The first kappa shape index (κ1) is 22.8. The summed E-state index contributed by atoms with van der Waals surface area (Å²) in [5.41, 5.74) is 2.54. The predicted octanol–water partition coefficient (Wildman–Crippen LogP) is 4.10. The van der Waals surface area contributed by atoms with E-state index in [9.17, 15) is 14.7 Å². The van der Waals surface area contributed by atoms with Crippen molar-refractivity contribution < 1.29 is 19.8 Å². The number of carboxylic acids is 1. The fourth-order valence-electron chi connectivity index (χ4n) is 3.95. The highest BCUT2D eigenvalue weighted by atomic mass is 16.4. The van der Waals surface area contributed by atoms with Crippen molar-refractivity contribution in [2.45, 2.75) is 51.2 Å². The summed E-state index contributed by atoms with van der Waals surface area (Å²) in [6.07, 6.45) is 7.06. The van der Waals surface area contributed by atoms with Crippen molar-refractivity contribution in [1.82, 2.24) is 4.90 Å². The Morgan fingerprint density at radius 1 is 1.10 bits per heavy atom. The van der Waals surface area contributed by atoms with Gasteiger partial charge in [0, 0.05) is 13.0 Å². The number of rotatable bonds is 10. The molecule has 1 unspecified atom stereocenters. The number of benzene rings is 2. The summed E-state index contributed by atoms with van der Waals surface area (Å²) >= 11 is 0. The summed E-state index contributed by atoms with van der Waals surface area (Å²) < 4.78 is 0. The lowest BCUT2D eigenvalue weighted by molar-refractivity contribution is -0.128. The smallest absolute Gasteiger partial charge is 0.335 e. The molecule has 164 valence electrons. The van der Waals surface area contributed by atoms with Crippen molar-refractivity contribution in [2.24, 2.45) is 5.92 Å². The molecule has 1 aliphatic rings. The number of amides is 1. The second kappa shape index (κ2) is 10.9. The van der Waals surface area contributed by atoms with Crippen LogP contribution in [-0.4, -0.2) is 45.7 Å². The SMILES string of the molecule is C[C@@H](CCc1ccccc1)[C@H](O)C=CC1CCC(=O)N1CCc1ccc(C(=O)O)cc1. The molecule has 5 heteroatoms. The van der Waals surface area contributed by atoms with Crippen LogP contribution >= 0.6 is 0 Å². The number of aliphatic hydroxyl groups is 1. The molecule has 3 atom stereocenters. The summed E-state index contributed by atoms with van der Waals surface area (Å²) in [4.78, 5) is 25.2. The van der Waals surface area contributed by atoms with Gasteiger partial charge in [-0.2, -0.15) is 0 Å². The number of carboxylic acid groups (broad SMARTS) is 1. The number of hydrogen-bond donors (Lipinski definition) is 2. The van der Waals surface area contributed by atoms with E-state index in [4.69, 9.17) is 5.11 Å². The minimum Gasteiger partial charge on any atom is -0.478 e. The van der Waals surface area contributed by atoms with Crippen LogP contribution in [0.5, 0.6) is 0 Å². The molecule has 1 aliphatic heterocycles. The molecule has 0 spiro atoms. The highest BCUT2D eigenvalue weighted by Crippen LogP contribution is 2.22. The Morgan fingerprint density at radius 3 is 2.45 bits per heavy atom. The lowest BCUT2D eigenvalue weighted by Gasteiger charge is -2.23. The number of aliphatic hydroxyl groups excluding tert-OH is 1. The van der Waals surface area contributed by atoms with Gasteiger partial charge < -0.3 is 15.1 Å². The average molecular weight is 422 g/mol. The van der Waals surface area contributed by atoms with E-state index in [0.717, 1.165) is 24.8 Å². The zero-order chi connectivity index (χ0) is 22.2. The molecule has 0 saturated carbocycles. The number of aromatic carboxylic acids is 1. The van der Waals surface area contributed by atoms with Crippen LogP contribution in [-0.2, 0) is 17.6 Å². The summed E-state index contributed by atoms with van der Waals surface area (Å²) in [5, 5.41) is 19.5. The summed E-state index contributed by atoms with van der Waals surface area (Å²) in [5.74, 6) is -0.679. The molecule has 1 heterocycles. The zero-order valence-electron chi connectivity index (χ0n) is 18.0. The van der Waals surface area contributed by atoms with E-state index in [1.807, 2.05) is 35.3 Å². The molecular formula is C26H31NO4. The Kier molecular flexibility index (Phi) is 8.01.